The summed E-state index contributed by atoms with van der Waals surface area (Å²) in [4.78, 5) is 2.32. The molecule has 0 radical (unpaired) electrons. The zero-order valence-electron chi connectivity index (χ0n) is 9.49. The van der Waals surface area contributed by atoms with Crippen LogP contribution in [-0.4, -0.2) is 9.47 Å². The van der Waals surface area contributed by atoms with Crippen molar-refractivity contribution in [2.75, 3.05) is 0 Å². The SMILES string of the molecule is Br.C1=Cn2cccc2CN1Cc1ccccc1. The molecule has 3 rings (SSSR count). The number of fused-ring (bicyclic) bond motifs is 1. The van der Waals surface area contributed by atoms with E-state index in [1.54, 1.807) is 0 Å². The largest absolute Gasteiger partial charge is 0.366 e. The van der Waals surface area contributed by atoms with E-state index in [1.165, 1.54) is 11.3 Å². The first-order valence-electron chi connectivity index (χ1n) is 5.54. The maximum absolute atomic E-state index is 2.32. The Labute approximate surface area is 112 Å². The molecule has 2 heterocycles. The molecule has 88 valence electrons. The van der Waals surface area contributed by atoms with Crippen molar-refractivity contribution < 1.29 is 0 Å². The molecule has 0 spiro atoms. The lowest BCUT2D eigenvalue weighted by Gasteiger charge is -2.24. The van der Waals surface area contributed by atoms with Gasteiger partial charge in [0.15, 0.2) is 0 Å². The Morgan fingerprint density at radius 1 is 0.941 bits per heavy atom. The lowest BCUT2D eigenvalue weighted by molar-refractivity contribution is 0.348. The molecule has 0 saturated heterocycles. The molecule has 1 aromatic carbocycles. The van der Waals surface area contributed by atoms with E-state index in [2.05, 4.69) is 70.5 Å². The summed E-state index contributed by atoms with van der Waals surface area (Å²) in [5.41, 5.74) is 2.70. The number of nitrogens with zero attached hydrogens (tertiary/aromatic N) is 2. The molecule has 0 saturated carbocycles. The van der Waals surface area contributed by atoms with Crippen LogP contribution in [0.15, 0.2) is 54.9 Å². The summed E-state index contributed by atoms with van der Waals surface area (Å²) in [5, 5.41) is 0. The Morgan fingerprint density at radius 3 is 2.59 bits per heavy atom. The second-order valence-corrected chi connectivity index (χ2v) is 4.10. The zero-order chi connectivity index (χ0) is 10.8. The summed E-state index contributed by atoms with van der Waals surface area (Å²) in [6.07, 6.45) is 6.35. The molecule has 1 aromatic heterocycles. The highest BCUT2D eigenvalue weighted by Gasteiger charge is 2.09. The van der Waals surface area contributed by atoms with Gasteiger partial charge in [-0.1, -0.05) is 30.3 Å². The number of aromatic nitrogens is 1. The number of hydrogen-bond donors (Lipinski definition) is 0. The summed E-state index contributed by atoms with van der Waals surface area (Å²) >= 11 is 0. The number of hydrogen-bond acceptors (Lipinski definition) is 1. The molecule has 0 atom stereocenters. The first kappa shape index (κ1) is 12.0. The third-order valence-electron chi connectivity index (χ3n) is 2.90. The highest BCUT2D eigenvalue weighted by atomic mass is 79.9. The second kappa shape index (κ2) is 5.23. The van der Waals surface area contributed by atoms with E-state index in [1.807, 2.05) is 0 Å². The summed E-state index contributed by atoms with van der Waals surface area (Å²) in [6, 6.07) is 14.8. The summed E-state index contributed by atoms with van der Waals surface area (Å²) in [6.45, 7) is 1.96. The molecule has 0 N–H and O–H groups in total. The van der Waals surface area contributed by atoms with Gasteiger partial charge < -0.3 is 9.47 Å². The standard InChI is InChI=1S/C14H14N2.BrH/c1-2-5-13(6-3-1)11-15-9-10-16-8-4-7-14(16)12-15;/h1-10H,11-12H2;1H. The van der Waals surface area contributed by atoms with E-state index >= 15 is 0 Å². The first-order chi connectivity index (χ1) is 7.92. The quantitative estimate of drug-likeness (QED) is 0.822. The van der Waals surface area contributed by atoms with E-state index < -0.39 is 0 Å². The van der Waals surface area contributed by atoms with Crippen LogP contribution in [0.3, 0.4) is 0 Å². The van der Waals surface area contributed by atoms with Gasteiger partial charge >= 0.3 is 0 Å². The van der Waals surface area contributed by atoms with Gasteiger partial charge in [-0.2, -0.15) is 0 Å². The second-order valence-electron chi connectivity index (χ2n) is 4.10. The molecular formula is C14H15BrN2. The third-order valence-corrected chi connectivity index (χ3v) is 2.90. The van der Waals surface area contributed by atoms with Crippen LogP contribution < -0.4 is 0 Å². The van der Waals surface area contributed by atoms with Crippen LogP contribution in [-0.2, 0) is 13.1 Å². The van der Waals surface area contributed by atoms with Gasteiger partial charge in [0.2, 0.25) is 0 Å². The smallest absolute Gasteiger partial charge is 0.0584 e. The fourth-order valence-corrected chi connectivity index (χ4v) is 2.06. The van der Waals surface area contributed by atoms with Crippen LogP contribution in [0.5, 0.6) is 0 Å². The first-order valence-corrected chi connectivity index (χ1v) is 5.54. The van der Waals surface area contributed by atoms with Crippen molar-refractivity contribution in [1.29, 1.82) is 0 Å². The molecule has 17 heavy (non-hydrogen) atoms. The molecule has 0 amide bonds. The zero-order valence-corrected chi connectivity index (χ0v) is 11.2. The molecule has 0 unspecified atom stereocenters. The topological polar surface area (TPSA) is 8.17 Å². The fraction of sp³-hybridized carbons (Fsp3) is 0.143. The Hall–Kier alpha value is -1.48. The van der Waals surface area contributed by atoms with Gasteiger partial charge in [-0.25, -0.2) is 0 Å². The molecule has 2 nitrogen and oxygen atoms in total. The van der Waals surface area contributed by atoms with Gasteiger partial charge in [-0.3, -0.25) is 0 Å². The molecule has 0 fully saturated rings. The average Bonchev–Trinajstić information content (AvgIpc) is 2.77. The molecular weight excluding hydrogens is 276 g/mol. The molecule has 1 aliphatic rings. The van der Waals surface area contributed by atoms with Crippen molar-refractivity contribution in [2.45, 2.75) is 13.1 Å². The van der Waals surface area contributed by atoms with E-state index in [4.69, 9.17) is 0 Å². The minimum absolute atomic E-state index is 0. The highest BCUT2D eigenvalue weighted by molar-refractivity contribution is 8.93. The molecule has 1 aliphatic heterocycles. The van der Waals surface area contributed by atoms with E-state index in [9.17, 15) is 0 Å². The number of halogens is 1. The molecule has 0 aliphatic carbocycles. The summed E-state index contributed by atoms with van der Waals surface area (Å²) < 4.78 is 2.17. The van der Waals surface area contributed by atoms with E-state index in [0.717, 1.165) is 13.1 Å². The Bertz CT molecular complexity index is 502. The minimum Gasteiger partial charge on any atom is -0.366 e. The maximum Gasteiger partial charge on any atom is 0.0584 e. The minimum atomic E-state index is 0. The Morgan fingerprint density at radius 2 is 1.76 bits per heavy atom. The van der Waals surface area contributed by atoms with Gasteiger partial charge in [0.1, 0.15) is 0 Å². The lowest BCUT2D eigenvalue weighted by atomic mass is 10.2. The maximum atomic E-state index is 2.32. The van der Waals surface area contributed by atoms with Crippen LogP contribution in [0.25, 0.3) is 6.20 Å². The van der Waals surface area contributed by atoms with Crippen LogP contribution in [0.4, 0.5) is 0 Å². The molecule has 2 aromatic rings. The normalized spacial score (nSPS) is 13.1. The third kappa shape index (κ3) is 2.61. The molecule has 3 heteroatoms. The van der Waals surface area contributed by atoms with Crippen molar-refractivity contribution in [3.8, 4) is 0 Å². The fourth-order valence-electron chi connectivity index (χ4n) is 2.06. The van der Waals surface area contributed by atoms with Crippen molar-refractivity contribution in [2.24, 2.45) is 0 Å². The monoisotopic (exact) mass is 290 g/mol. The van der Waals surface area contributed by atoms with Gasteiger partial charge in [0, 0.05) is 30.8 Å². The van der Waals surface area contributed by atoms with E-state index in [-0.39, 0.29) is 17.0 Å². The van der Waals surface area contributed by atoms with Crippen molar-refractivity contribution >= 4 is 23.2 Å². The van der Waals surface area contributed by atoms with Crippen molar-refractivity contribution in [3.63, 3.8) is 0 Å². The lowest BCUT2D eigenvalue weighted by Crippen LogP contribution is -2.21. The highest BCUT2D eigenvalue weighted by Crippen LogP contribution is 2.15. The number of rotatable bonds is 2. The van der Waals surface area contributed by atoms with Crippen molar-refractivity contribution in [3.05, 3.63) is 66.1 Å². The van der Waals surface area contributed by atoms with E-state index in [0.29, 0.717) is 0 Å². The van der Waals surface area contributed by atoms with Crippen LogP contribution in [0, 0.1) is 0 Å². The average molecular weight is 291 g/mol. The van der Waals surface area contributed by atoms with Gasteiger partial charge in [-0.05, 0) is 17.7 Å². The van der Waals surface area contributed by atoms with Crippen LogP contribution >= 0.6 is 17.0 Å². The number of benzene rings is 1. The Kier molecular flexibility index (Phi) is 3.69. The Balaban J connectivity index is 0.00000108. The summed E-state index contributed by atoms with van der Waals surface area (Å²) in [7, 11) is 0. The van der Waals surface area contributed by atoms with Gasteiger partial charge in [0.05, 0.1) is 6.54 Å². The predicted molar refractivity (Wildman–Crippen MR) is 75.8 cm³/mol. The predicted octanol–water partition coefficient (Wildman–Crippen LogP) is 3.51. The van der Waals surface area contributed by atoms with Crippen molar-refractivity contribution in [1.82, 2.24) is 9.47 Å². The van der Waals surface area contributed by atoms with Gasteiger partial charge in [-0.15, -0.1) is 17.0 Å². The summed E-state index contributed by atoms with van der Waals surface area (Å²) in [5.74, 6) is 0. The molecule has 0 bridgehead atoms. The van der Waals surface area contributed by atoms with Crippen LogP contribution in [0.1, 0.15) is 11.3 Å². The van der Waals surface area contributed by atoms with Gasteiger partial charge in [0.25, 0.3) is 0 Å². The van der Waals surface area contributed by atoms with Crippen LogP contribution in [0.2, 0.25) is 0 Å².